The van der Waals surface area contributed by atoms with Gasteiger partial charge in [-0.3, -0.25) is 9.78 Å². The number of anilines is 1. The molecule has 1 aliphatic rings. The number of fused-ring (bicyclic) bond motifs is 1. The highest BCUT2D eigenvalue weighted by molar-refractivity contribution is 9.10. The number of amides is 1. The van der Waals surface area contributed by atoms with E-state index in [1.54, 1.807) is 24.9 Å². The van der Waals surface area contributed by atoms with Gasteiger partial charge in [0.15, 0.2) is 0 Å². The molecule has 1 amide bonds. The largest absolute Gasteiger partial charge is 0.464 e. The lowest BCUT2D eigenvalue weighted by atomic mass is 10.1. The van der Waals surface area contributed by atoms with Crippen molar-refractivity contribution in [3.8, 4) is 11.3 Å². The van der Waals surface area contributed by atoms with Crippen molar-refractivity contribution < 1.29 is 9.21 Å². The van der Waals surface area contributed by atoms with Crippen molar-refractivity contribution in [3.05, 3.63) is 71.3 Å². The normalized spacial score (nSPS) is 16.2. The zero-order chi connectivity index (χ0) is 20.5. The van der Waals surface area contributed by atoms with Gasteiger partial charge in [0, 0.05) is 54.2 Å². The molecule has 1 atom stereocenters. The molecule has 1 aromatic carbocycles. The highest BCUT2D eigenvalue weighted by Gasteiger charge is 2.26. The minimum Gasteiger partial charge on any atom is -0.464 e. The number of pyridine rings is 1. The number of hydrogen-bond donors (Lipinski definition) is 1. The van der Waals surface area contributed by atoms with Gasteiger partial charge < -0.3 is 14.6 Å². The molecule has 0 spiro atoms. The van der Waals surface area contributed by atoms with E-state index in [1.165, 1.54) is 0 Å². The van der Waals surface area contributed by atoms with Crippen molar-refractivity contribution in [1.29, 1.82) is 0 Å². The van der Waals surface area contributed by atoms with Crippen LogP contribution in [0.25, 0.3) is 22.2 Å². The van der Waals surface area contributed by atoms with E-state index >= 15 is 0 Å². The molecule has 1 unspecified atom stereocenters. The summed E-state index contributed by atoms with van der Waals surface area (Å²) in [5.41, 5.74) is 3.20. The Kier molecular flexibility index (Phi) is 4.92. The smallest absolute Gasteiger partial charge is 0.251 e. The fourth-order valence-corrected chi connectivity index (χ4v) is 3.91. The highest BCUT2D eigenvalue weighted by Crippen LogP contribution is 2.27. The number of rotatable bonds is 4. The Labute approximate surface area is 181 Å². The molecule has 1 aliphatic heterocycles. The predicted octanol–water partition coefficient (Wildman–Crippen LogP) is 4.06. The van der Waals surface area contributed by atoms with Crippen LogP contribution in [0, 0.1) is 0 Å². The number of nitrogens with zero attached hydrogens (tertiary/aromatic N) is 4. The molecule has 3 aromatic heterocycles. The van der Waals surface area contributed by atoms with E-state index in [2.05, 4.69) is 41.1 Å². The standard InChI is InChI=1S/C22H18BrN5O2/c23-16-11-25-22(26-12-16)28-9-6-17(13-28)27-21(29)15-3-1-14(2-4-15)20-18-7-10-30-19(18)5-8-24-20/h1-5,7-8,10-12,17H,6,9,13H2,(H,27,29). The fourth-order valence-electron chi connectivity index (χ4n) is 3.70. The first-order valence-electron chi connectivity index (χ1n) is 9.63. The van der Waals surface area contributed by atoms with E-state index in [0.717, 1.165) is 39.7 Å². The van der Waals surface area contributed by atoms with Crippen molar-refractivity contribution in [1.82, 2.24) is 20.3 Å². The lowest BCUT2D eigenvalue weighted by Gasteiger charge is -2.16. The van der Waals surface area contributed by atoms with Gasteiger partial charge in [0.1, 0.15) is 5.58 Å². The third-order valence-corrected chi connectivity index (χ3v) is 5.62. The molecule has 1 saturated heterocycles. The zero-order valence-electron chi connectivity index (χ0n) is 16.0. The third kappa shape index (κ3) is 3.66. The van der Waals surface area contributed by atoms with Crippen LogP contribution in [0.15, 0.2) is 70.1 Å². The number of furan rings is 1. The maximum Gasteiger partial charge on any atom is 0.251 e. The molecule has 1 N–H and O–H groups in total. The average Bonchev–Trinajstić information content (AvgIpc) is 3.44. The quantitative estimate of drug-likeness (QED) is 0.491. The summed E-state index contributed by atoms with van der Waals surface area (Å²) in [4.78, 5) is 27.9. The molecule has 0 radical (unpaired) electrons. The molecule has 4 heterocycles. The van der Waals surface area contributed by atoms with Crippen LogP contribution in [0.3, 0.4) is 0 Å². The first-order chi connectivity index (χ1) is 14.7. The van der Waals surface area contributed by atoms with Crippen LogP contribution in [0.1, 0.15) is 16.8 Å². The van der Waals surface area contributed by atoms with Crippen LogP contribution in [0.4, 0.5) is 5.95 Å². The molecule has 5 rings (SSSR count). The van der Waals surface area contributed by atoms with Gasteiger partial charge in [0.05, 0.1) is 16.4 Å². The molecule has 4 aromatic rings. The van der Waals surface area contributed by atoms with Crippen LogP contribution in [0.5, 0.6) is 0 Å². The molecule has 8 heteroatoms. The topological polar surface area (TPSA) is 84.2 Å². The third-order valence-electron chi connectivity index (χ3n) is 5.21. The van der Waals surface area contributed by atoms with E-state index in [1.807, 2.05) is 36.4 Å². The van der Waals surface area contributed by atoms with Crippen molar-refractivity contribution >= 4 is 38.8 Å². The summed E-state index contributed by atoms with van der Waals surface area (Å²) in [5, 5.41) is 4.07. The van der Waals surface area contributed by atoms with Gasteiger partial charge in [-0.15, -0.1) is 0 Å². The van der Waals surface area contributed by atoms with Gasteiger partial charge >= 0.3 is 0 Å². The van der Waals surface area contributed by atoms with E-state index in [9.17, 15) is 4.79 Å². The molecular weight excluding hydrogens is 446 g/mol. The number of nitrogens with one attached hydrogen (secondary N) is 1. The number of benzene rings is 1. The Morgan fingerprint density at radius 3 is 2.70 bits per heavy atom. The molecule has 30 heavy (non-hydrogen) atoms. The van der Waals surface area contributed by atoms with Crippen LogP contribution in [-0.4, -0.2) is 40.0 Å². The Hall–Kier alpha value is -3.26. The Balaban J connectivity index is 1.26. The molecule has 0 aliphatic carbocycles. The van der Waals surface area contributed by atoms with Gasteiger partial charge in [0.2, 0.25) is 5.95 Å². The van der Waals surface area contributed by atoms with E-state index in [0.29, 0.717) is 18.1 Å². The van der Waals surface area contributed by atoms with Gasteiger partial charge in [-0.05, 0) is 46.6 Å². The number of aromatic nitrogens is 3. The van der Waals surface area contributed by atoms with Gasteiger partial charge in [-0.1, -0.05) is 12.1 Å². The first-order valence-corrected chi connectivity index (χ1v) is 10.4. The molecule has 0 saturated carbocycles. The Morgan fingerprint density at radius 1 is 1.10 bits per heavy atom. The molecule has 150 valence electrons. The van der Waals surface area contributed by atoms with Crippen LogP contribution < -0.4 is 10.2 Å². The lowest BCUT2D eigenvalue weighted by molar-refractivity contribution is 0.0940. The fraction of sp³-hybridized carbons (Fsp3) is 0.182. The summed E-state index contributed by atoms with van der Waals surface area (Å²) in [6.07, 6.45) is 7.70. The maximum atomic E-state index is 12.7. The Morgan fingerprint density at radius 2 is 1.90 bits per heavy atom. The second-order valence-electron chi connectivity index (χ2n) is 7.18. The lowest BCUT2D eigenvalue weighted by Crippen LogP contribution is -2.37. The van der Waals surface area contributed by atoms with Crippen molar-refractivity contribution in [2.45, 2.75) is 12.5 Å². The minimum atomic E-state index is -0.0837. The number of halogens is 1. The van der Waals surface area contributed by atoms with E-state index in [4.69, 9.17) is 4.42 Å². The van der Waals surface area contributed by atoms with E-state index in [-0.39, 0.29) is 11.9 Å². The summed E-state index contributed by atoms with van der Waals surface area (Å²) >= 11 is 3.34. The Bertz CT molecular complexity index is 1190. The molecule has 0 bridgehead atoms. The van der Waals surface area contributed by atoms with Crippen molar-refractivity contribution in [3.63, 3.8) is 0 Å². The van der Waals surface area contributed by atoms with Crippen molar-refractivity contribution in [2.24, 2.45) is 0 Å². The monoisotopic (exact) mass is 463 g/mol. The number of hydrogen-bond acceptors (Lipinski definition) is 6. The molecular formula is C22H18BrN5O2. The second-order valence-corrected chi connectivity index (χ2v) is 8.09. The number of carbonyl (C=O) groups is 1. The van der Waals surface area contributed by atoms with Crippen LogP contribution >= 0.6 is 15.9 Å². The first kappa shape index (κ1) is 18.7. The summed E-state index contributed by atoms with van der Waals surface area (Å²) in [5.74, 6) is 0.597. The van der Waals surface area contributed by atoms with Gasteiger partial charge in [-0.25, -0.2) is 9.97 Å². The summed E-state index contributed by atoms with van der Waals surface area (Å²) in [6, 6.07) is 11.3. The second kappa shape index (κ2) is 7.87. The molecule has 1 fully saturated rings. The van der Waals surface area contributed by atoms with Crippen LogP contribution in [-0.2, 0) is 0 Å². The van der Waals surface area contributed by atoms with E-state index < -0.39 is 0 Å². The van der Waals surface area contributed by atoms with Gasteiger partial charge in [0.25, 0.3) is 5.91 Å². The summed E-state index contributed by atoms with van der Waals surface area (Å²) < 4.78 is 6.29. The SMILES string of the molecule is O=C(NC1CCN(c2ncc(Br)cn2)C1)c1ccc(-c2nccc3occc23)cc1. The zero-order valence-corrected chi connectivity index (χ0v) is 17.5. The van der Waals surface area contributed by atoms with Gasteiger partial charge in [-0.2, -0.15) is 0 Å². The maximum absolute atomic E-state index is 12.7. The van der Waals surface area contributed by atoms with Crippen molar-refractivity contribution in [2.75, 3.05) is 18.0 Å². The average molecular weight is 464 g/mol. The summed E-state index contributed by atoms with van der Waals surface area (Å²) in [6.45, 7) is 1.50. The predicted molar refractivity (Wildman–Crippen MR) is 117 cm³/mol. The minimum absolute atomic E-state index is 0.0609. The number of carbonyl (C=O) groups excluding carboxylic acids is 1. The van der Waals surface area contributed by atoms with Crippen LogP contribution in [0.2, 0.25) is 0 Å². The summed E-state index contributed by atoms with van der Waals surface area (Å²) in [7, 11) is 0. The molecule has 7 nitrogen and oxygen atoms in total. The highest BCUT2D eigenvalue weighted by atomic mass is 79.9.